The van der Waals surface area contributed by atoms with Crippen LogP contribution in [0, 0.1) is 22.7 Å². The van der Waals surface area contributed by atoms with Crippen molar-refractivity contribution < 1.29 is 9.47 Å². The first-order valence-corrected chi connectivity index (χ1v) is 13.0. The van der Waals surface area contributed by atoms with Gasteiger partial charge in [-0.1, -0.05) is 6.42 Å². The lowest BCUT2D eigenvalue weighted by Crippen LogP contribution is -2.31. The lowest BCUT2D eigenvalue weighted by atomic mass is 10.1. The number of ether oxygens (including phenoxy) is 2. The van der Waals surface area contributed by atoms with Gasteiger partial charge in [0.25, 0.3) is 0 Å². The maximum absolute atomic E-state index is 8.69. The molecule has 0 aliphatic carbocycles. The predicted molar refractivity (Wildman–Crippen MR) is 139 cm³/mol. The van der Waals surface area contributed by atoms with Crippen molar-refractivity contribution in [2.75, 3.05) is 52.5 Å². The number of hydrogen-bond donors (Lipinski definition) is 0. The van der Waals surface area contributed by atoms with Crippen LogP contribution in [0.4, 0.5) is 0 Å². The Bertz CT molecular complexity index is 919. The molecule has 0 saturated carbocycles. The first-order chi connectivity index (χ1) is 17.3. The van der Waals surface area contributed by atoms with E-state index in [0.29, 0.717) is 11.1 Å². The van der Waals surface area contributed by atoms with Crippen LogP contribution in [0.5, 0.6) is 11.5 Å². The van der Waals surface area contributed by atoms with Crippen molar-refractivity contribution in [3.63, 3.8) is 0 Å². The number of hydrogen-bond acceptors (Lipinski definition) is 6. The zero-order valence-electron chi connectivity index (χ0n) is 20.8. The van der Waals surface area contributed by atoms with E-state index >= 15 is 0 Å². The third-order valence-corrected chi connectivity index (χ3v) is 6.39. The van der Waals surface area contributed by atoms with Gasteiger partial charge < -0.3 is 19.3 Å². The van der Waals surface area contributed by atoms with Crippen molar-refractivity contribution in [1.29, 1.82) is 10.5 Å². The fraction of sp³-hybridized carbons (Fsp3) is 0.517. The Kier molecular flexibility index (Phi) is 12.0. The molecule has 2 aliphatic heterocycles. The van der Waals surface area contributed by atoms with Crippen LogP contribution < -0.4 is 9.47 Å². The molecule has 2 aromatic rings. The van der Waals surface area contributed by atoms with Crippen molar-refractivity contribution in [3.05, 3.63) is 59.7 Å². The molecule has 0 radical (unpaired) electrons. The molecule has 0 spiro atoms. The second kappa shape index (κ2) is 15.8. The summed E-state index contributed by atoms with van der Waals surface area (Å²) in [6.45, 7) is 8.76. The Morgan fingerprint density at radius 2 is 0.943 bits per heavy atom. The van der Waals surface area contributed by atoms with Crippen LogP contribution in [0.1, 0.15) is 56.1 Å². The van der Waals surface area contributed by atoms with Crippen molar-refractivity contribution in [1.82, 2.24) is 9.80 Å². The molecule has 0 atom stereocenters. The number of rotatable bonds is 10. The van der Waals surface area contributed by atoms with Crippen LogP contribution in [0.25, 0.3) is 0 Å². The quantitative estimate of drug-likeness (QED) is 0.439. The summed E-state index contributed by atoms with van der Waals surface area (Å²) in [6, 6.07) is 18.8. The average Bonchev–Trinajstić information content (AvgIpc) is 3.44. The molecule has 35 heavy (non-hydrogen) atoms. The Labute approximate surface area is 210 Å². The number of nitriles is 2. The zero-order valence-corrected chi connectivity index (χ0v) is 20.8. The van der Waals surface area contributed by atoms with Gasteiger partial charge >= 0.3 is 0 Å². The van der Waals surface area contributed by atoms with E-state index in [2.05, 4.69) is 21.9 Å². The molecule has 2 saturated heterocycles. The van der Waals surface area contributed by atoms with Crippen molar-refractivity contribution in [2.24, 2.45) is 0 Å². The molecule has 0 bridgehead atoms. The molecule has 2 aromatic carbocycles. The SMILES string of the molecule is N#Cc1ccc(OCCCN2CCCC2)cc1.N#Cc1ccc(OCCCN2CCCCC2)cc1. The maximum Gasteiger partial charge on any atom is 0.119 e. The van der Waals surface area contributed by atoms with E-state index < -0.39 is 0 Å². The minimum atomic E-state index is 0.675. The highest BCUT2D eigenvalue weighted by atomic mass is 16.5. The van der Waals surface area contributed by atoms with Crippen LogP contribution >= 0.6 is 0 Å². The van der Waals surface area contributed by atoms with Crippen molar-refractivity contribution >= 4 is 0 Å². The molecule has 0 unspecified atom stereocenters. The van der Waals surface area contributed by atoms with Crippen LogP contribution in [0.15, 0.2) is 48.5 Å². The Hall–Kier alpha value is -3.06. The van der Waals surface area contributed by atoms with Gasteiger partial charge in [0, 0.05) is 13.1 Å². The van der Waals surface area contributed by atoms with E-state index in [1.165, 1.54) is 58.3 Å². The van der Waals surface area contributed by atoms with Crippen LogP contribution in [0.2, 0.25) is 0 Å². The first-order valence-electron chi connectivity index (χ1n) is 13.0. The van der Waals surface area contributed by atoms with Crippen molar-refractivity contribution in [2.45, 2.75) is 44.9 Å². The molecule has 6 nitrogen and oxygen atoms in total. The highest BCUT2D eigenvalue weighted by Gasteiger charge is 2.10. The lowest BCUT2D eigenvalue weighted by molar-refractivity contribution is 0.205. The largest absolute Gasteiger partial charge is 0.494 e. The second-order valence-electron chi connectivity index (χ2n) is 9.13. The van der Waals surface area contributed by atoms with E-state index in [1.807, 2.05) is 24.3 Å². The highest BCUT2D eigenvalue weighted by molar-refractivity contribution is 5.35. The summed E-state index contributed by atoms with van der Waals surface area (Å²) < 4.78 is 11.3. The van der Waals surface area contributed by atoms with Gasteiger partial charge in [-0.2, -0.15) is 10.5 Å². The Morgan fingerprint density at radius 3 is 1.31 bits per heavy atom. The molecule has 0 N–H and O–H groups in total. The number of piperidine rings is 1. The molecule has 6 heteroatoms. The standard InChI is InChI=1S/C15H20N2O.C14H18N2O/c16-13-14-5-7-15(8-6-14)18-12-4-11-17-9-2-1-3-10-17;15-12-13-4-6-14(7-5-13)17-11-3-10-16-8-1-2-9-16/h5-8H,1-4,9-12H2;4-7H,1-3,8-11H2. The van der Waals surface area contributed by atoms with E-state index in [4.69, 9.17) is 20.0 Å². The van der Waals surface area contributed by atoms with E-state index in [9.17, 15) is 0 Å². The van der Waals surface area contributed by atoms with E-state index in [1.54, 1.807) is 24.3 Å². The average molecular weight is 475 g/mol. The molecular formula is C29H38N4O2. The fourth-order valence-corrected chi connectivity index (χ4v) is 4.40. The number of benzene rings is 2. The van der Waals surface area contributed by atoms with Gasteiger partial charge in [0.2, 0.25) is 0 Å². The minimum absolute atomic E-state index is 0.675. The Morgan fingerprint density at radius 1 is 0.571 bits per heavy atom. The van der Waals surface area contributed by atoms with Crippen LogP contribution in [-0.2, 0) is 0 Å². The monoisotopic (exact) mass is 474 g/mol. The molecule has 0 aromatic heterocycles. The smallest absolute Gasteiger partial charge is 0.119 e. The van der Waals surface area contributed by atoms with Gasteiger partial charge in [0.05, 0.1) is 36.5 Å². The zero-order chi connectivity index (χ0) is 24.6. The molecule has 2 fully saturated rings. The van der Waals surface area contributed by atoms with E-state index in [0.717, 1.165) is 50.6 Å². The fourth-order valence-electron chi connectivity index (χ4n) is 4.40. The predicted octanol–water partition coefficient (Wildman–Crippen LogP) is 5.24. The summed E-state index contributed by atoms with van der Waals surface area (Å²) in [5, 5.41) is 17.4. The molecule has 2 aliphatic rings. The van der Waals surface area contributed by atoms with Gasteiger partial charge in [0.1, 0.15) is 11.5 Å². The van der Waals surface area contributed by atoms with Crippen LogP contribution in [0.3, 0.4) is 0 Å². The van der Waals surface area contributed by atoms with Crippen molar-refractivity contribution in [3.8, 4) is 23.6 Å². The van der Waals surface area contributed by atoms with Gasteiger partial charge in [0.15, 0.2) is 0 Å². The summed E-state index contributed by atoms with van der Waals surface area (Å²) in [7, 11) is 0. The van der Waals surface area contributed by atoms with Crippen LogP contribution in [-0.4, -0.2) is 62.3 Å². The van der Waals surface area contributed by atoms with E-state index in [-0.39, 0.29) is 0 Å². The topological polar surface area (TPSA) is 72.5 Å². The van der Waals surface area contributed by atoms with Gasteiger partial charge in [-0.3, -0.25) is 0 Å². The summed E-state index contributed by atoms with van der Waals surface area (Å²) in [4.78, 5) is 5.01. The van der Waals surface area contributed by atoms with Gasteiger partial charge in [-0.25, -0.2) is 0 Å². The molecule has 2 heterocycles. The third kappa shape index (κ3) is 10.4. The maximum atomic E-state index is 8.69. The molecular weight excluding hydrogens is 436 g/mol. The summed E-state index contributed by atoms with van der Waals surface area (Å²) >= 11 is 0. The molecule has 186 valence electrons. The third-order valence-electron chi connectivity index (χ3n) is 6.39. The van der Waals surface area contributed by atoms with Gasteiger partial charge in [-0.15, -0.1) is 0 Å². The second-order valence-corrected chi connectivity index (χ2v) is 9.13. The number of likely N-dealkylation sites (tertiary alicyclic amines) is 2. The molecule has 4 rings (SSSR count). The van der Waals surface area contributed by atoms with Gasteiger partial charge in [-0.05, 0) is 113 Å². The first kappa shape index (κ1) is 26.5. The molecule has 0 amide bonds. The highest BCUT2D eigenvalue weighted by Crippen LogP contribution is 2.14. The summed E-state index contributed by atoms with van der Waals surface area (Å²) in [6.07, 6.45) is 8.90. The number of nitrogens with zero attached hydrogens (tertiary/aromatic N) is 4. The Balaban J connectivity index is 0.000000196. The summed E-state index contributed by atoms with van der Waals surface area (Å²) in [5.74, 6) is 1.71. The minimum Gasteiger partial charge on any atom is -0.494 e. The summed E-state index contributed by atoms with van der Waals surface area (Å²) in [5.41, 5.74) is 1.35. The lowest BCUT2D eigenvalue weighted by Gasteiger charge is -2.26. The normalized spacial score (nSPS) is 15.9.